The summed E-state index contributed by atoms with van der Waals surface area (Å²) in [7, 11) is 1.72. The van der Waals surface area contributed by atoms with Crippen molar-refractivity contribution in [3.8, 4) is 0 Å². The van der Waals surface area contributed by atoms with Crippen molar-refractivity contribution in [1.82, 2.24) is 14.1 Å². The van der Waals surface area contributed by atoms with Gasteiger partial charge in [0.25, 0.3) is 0 Å². The molecule has 2 unspecified atom stereocenters. The van der Waals surface area contributed by atoms with E-state index in [4.69, 9.17) is 9.84 Å². The van der Waals surface area contributed by atoms with Crippen LogP contribution in [0.3, 0.4) is 0 Å². The van der Waals surface area contributed by atoms with Gasteiger partial charge in [-0.3, -0.25) is 4.68 Å². The van der Waals surface area contributed by atoms with Gasteiger partial charge in [0.2, 0.25) is 0 Å². The molecule has 7 heteroatoms. The van der Waals surface area contributed by atoms with Gasteiger partial charge in [-0.25, -0.2) is 4.31 Å². The molecule has 0 radical (unpaired) electrons. The Hall–Kier alpha value is 0.170. The molecule has 0 spiro atoms. The van der Waals surface area contributed by atoms with E-state index in [-0.39, 0.29) is 18.8 Å². The average molecular weight is 369 g/mol. The fourth-order valence-electron chi connectivity index (χ4n) is 1.92. The van der Waals surface area contributed by atoms with Gasteiger partial charge in [-0.05, 0) is 16.0 Å². The lowest BCUT2D eigenvalue weighted by molar-refractivity contribution is -0.0527. The predicted octanol–water partition coefficient (Wildman–Crippen LogP) is 1.64. The third kappa shape index (κ3) is 3.57. The van der Waals surface area contributed by atoms with E-state index in [1.807, 2.05) is 12.4 Å². The van der Waals surface area contributed by atoms with Gasteiger partial charge in [0.05, 0.1) is 31.6 Å². The molecule has 0 aromatic carbocycles. The second kappa shape index (κ2) is 6.37. The second-order valence-corrected chi connectivity index (χ2v) is 5.95. The van der Waals surface area contributed by atoms with E-state index in [1.165, 1.54) is 0 Å². The van der Waals surface area contributed by atoms with Crippen LogP contribution in [-0.2, 0) is 11.3 Å². The number of ether oxygens (including phenoxy) is 1. The lowest BCUT2D eigenvalue weighted by atomic mass is 10.1. The Morgan fingerprint density at radius 3 is 3.18 bits per heavy atom. The van der Waals surface area contributed by atoms with Gasteiger partial charge < -0.3 is 9.84 Å². The first-order chi connectivity index (χ1) is 8.22. The topological polar surface area (TPSA) is 50.5 Å². The van der Waals surface area contributed by atoms with Crippen molar-refractivity contribution in [2.24, 2.45) is 0 Å². The Balaban J connectivity index is 2.04. The third-order valence-electron chi connectivity index (χ3n) is 2.68. The molecule has 1 aliphatic heterocycles. The molecule has 0 saturated carbocycles. The molecule has 1 aromatic heterocycles. The SMILES string of the molecule is CC1CN(SI)CC(c2cnn(CCO)c2)O1. The fourth-order valence-corrected chi connectivity index (χ4v) is 3.35. The highest BCUT2D eigenvalue weighted by Gasteiger charge is 2.27. The first-order valence-electron chi connectivity index (χ1n) is 5.55. The maximum Gasteiger partial charge on any atom is 0.0995 e. The van der Waals surface area contributed by atoms with E-state index in [2.05, 4.69) is 37.5 Å². The second-order valence-electron chi connectivity index (χ2n) is 4.11. The number of halogens is 1. The minimum Gasteiger partial charge on any atom is -0.394 e. The molecule has 1 fully saturated rings. The van der Waals surface area contributed by atoms with E-state index in [1.54, 1.807) is 13.8 Å². The maximum absolute atomic E-state index is 8.86. The zero-order chi connectivity index (χ0) is 12.3. The van der Waals surface area contributed by atoms with E-state index in [0.717, 1.165) is 18.7 Å². The minimum absolute atomic E-state index is 0.0773. The fraction of sp³-hybridized carbons (Fsp3) is 0.700. The molecule has 1 N–H and O–H groups in total. The molecule has 0 amide bonds. The number of rotatable bonds is 4. The number of aromatic nitrogens is 2. The molecule has 2 atom stereocenters. The molecular weight excluding hydrogens is 353 g/mol. The van der Waals surface area contributed by atoms with Gasteiger partial charge in [-0.2, -0.15) is 5.10 Å². The lowest BCUT2D eigenvalue weighted by Gasteiger charge is -2.34. The Labute approximate surface area is 117 Å². The van der Waals surface area contributed by atoms with Crippen LogP contribution in [0.15, 0.2) is 12.4 Å². The smallest absolute Gasteiger partial charge is 0.0995 e. The first kappa shape index (κ1) is 13.6. The highest BCUT2D eigenvalue weighted by Crippen LogP contribution is 2.30. The van der Waals surface area contributed by atoms with Crippen molar-refractivity contribution in [3.05, 3.63) is 18.0 Å². The summed E-state index contributed by atoms with van der Waals surface area (Å²) < 4.78 is 9.97. The van der Waals surface area contributed by atoms with Crippen LogP contribution in [0.25, 0.3) is 0 Å². The number of morpholine rings is 1. The molecule has 5 nitrogen and oxygen atoms in total. The van der Waals surface area contributed by atoms with E-state index in [9.17, 15) is 0 Å². The van der Waals surface area contributed by atoms with Crippen LogP contribution in [0.1, 0.15) is 18.6 Å². The summed E-state index contributed by atoms with van der Waals surface area (Å²) in [6.07, 6.45) is 4.09. The van der Waals surface area contributed by atoms with E-state index < -0.39 is 0 Å². The Morgan fingerprint density at radius 1 is 1.65 bits per heavy atom. The van der Waals surface area contributed by atoms with E-state index in [0.29, 0.717) is 6.54 Å². The van der Waals surface area contributed by atoms with Crippen molar-refractivity contribution in [2.75, 3.05) is 19.7 Å². The number of nitrogens with zero attached hydrogens (tertiary/aromatic N) is 3. The number of hydrogen-bond acceptors (Lipinski definition) is 5. The van der Waals surface area contributed by atoms with Gasteiger partial charge in [-0.1, -0.05) is 0 Å². The lowest BCUT2D eigenvalue weighted by Crippen LogP contribution is -2.38. The van der Waals surface area contributed by atoms with Gasteiger partial charge in [-0.15, -0.1) is 0 Å². The van der Waals surface area contributed by atoms with Crippen molar-refractivity contribution in [1.29, 1.82) is 0 Å². The maximum atomic E-state index is 8.86. The normalized spacial score (nSPS) is 26.3. The van der Waals surface area contributed by atoms with Crippen LogP contribution in [0.5, 0.6) is 0 Å². The largest absolute Gasteiger partial charge is 0.394 e. The van der Waals surface area contributed by atoms with Crippen LogP contribution < -0.4 is 0 Å². The minimum atomic E-state index is 0.0773. The molecule has 0 aliphatic carbocycles. The molecular formula is C10H16IN3O2S. The monoisotopic (exact) mass is 369 g/mol. The molecule has 1 aromatic rings. The van der Waals surface area contributed by atoms with Gasteiger partial charge in [0.15, 0.2) is 0 Å². The quantitative estimate of drug-likeness (QED) is 0.646. The van der Waals surface area contributed by atoms with Crippen molar-refractivity contribution < 1.29 is 9.84 Å². The highest BCUT2D eigenvalue weighted by molar-refractivity contribution is 14.2. The van der Waals surface area contributed by atoms with Crippen LogP contribution >= 0.6 is 30.3 Å². The molecule has 17 heavy (non-hydrogen) atoms. The Bertz CT molecular complexity index is 363. The zero-order valence-corrected chi connectivity index (χ0v) is 12.6. The summed E-state index contributed by atoms with van der Waals surface area (Å²) in [4.78, 5) is 0. The van der Waals surface area contributed by atoms with Crippen LogP contribution in [0, 0.1) is 0 Å². The van der Waals surface area contributed by atoms with Gasteiger partial charge >= 0.3 is 0 Å². The van der Waals surface area contributed by atoms with Crippen LogP contribution in [-0.4, -0.2) is 45.0 Å². The molecule has 2 rings (SSSR count). The molecule has 96 valence electrons. The summed E-state index contributed by atoms with van der Waals surface area (Å²) in [5.41, 5.74) is 1.08. The number of hydrogen-bond donors (Lipinski definition) is 1. The van der Waals surface area contributed by atoms with Crippen molar-refractivity contribution in [3.63, 3.8) is 0 Å². The molecule has 1 saturated heterocycles. The Kier molecular flexibility index (Phi) is 5.10. The molecule has 0 bridgehead atoms. The summed E-state index contributed by atoms with van der Waals surface area (Å²) in [5, 5.41) is 13.1. The zero-order valence-electron chi connectivity index (χ0n) is 9.62. The summed E-state index contributed by atoms with van der Waals surface area (Å²) in [5.74, 6) is 0. The summed E-state index contributed by atoms with van der Waals surface area (Å²) >= 11 is 2.30. The molecule has 1 aliphatic rings. The standard InChI is InChI=1S/C10H16IN3O2S/c1-8-5-14(17-11)7-10(16-8)9-4-12-13(6-9)2-3-15/h4,6,8,10,15H,2-3,5,7H2,1H3. The Morgan fingerprint density at radius 2 is 2.47 bits per heavy atom. The van der Waals surface area contributed by atoms with Gasteiger partial charge in [0.1, 0.15) is 0 Å². The molecule has 2 heterocycles. The van der Waals surface area contributed by atoms with Crippen LogP contribution in [0.2, 0.25) is 0 Å². The van der Waals surface area contributed by atoms with Crippen molar-refractivity contribution in [2.45, 2.75) is 25.7 Å². The predicted molar refractivity (Wildman–Crippen MR) is 75.8 cm³/mol. The first-order valence-corrected chi connectivity index (χ1v) is 8.87. The average Bonchev–Trinajstić information content (AvgIpc) is 2.77. The highest BCUT2D eigenvalue weighted by atomic mass is 127. The van der Waals surface area contributed by atoms with E-state index >= 15 is 0 Å². The summed E-state index contributed by atoms with van der Waals surface area (Å²) in [6, 6.07) is 0. The third-order valence-corrected chi connectivity index (χ3v) is 4.84. The number of aliphatic hydroxyl groups excluding tert-OH is 1. The number of aliphatic hydroxyl groups is 1. The van der Waals surface area contributed by atoms with Crippen LogP contribution in [0.4, 0.5) is 0 Å². The van der Waals surface area contributed by atoms with Crippen molar-refractivity contribution >= 4 is 30.3 Å². The van der Waals surface area contributed by atoms with Gasteiger partial charge in [0, 0.05) is 46.1 Å². The summed E-state index contributed by atoms with van der Waals surface area (Å²) in [6.45, 7) is 4.56.